The highest BCUT2D eigenvalue weighted by Crippen LogP contribution is 2.29. The predicted molar refractivity (Wildman–Crippen MR) is 79.3 cm³/mol. The van der Waals surface area contributed by atoms with E-state index < -0.39 is 11.6 Å². The molecule has 2 rings (SSSR count). The molecule has 0 aliphatic heterocycles. The highest BCUT2D eigenvalue weighted by molar-refractivity contribution is 7.10. The molecule has 0 bridgehead atoms. The molecule has 1 unspecified atom stereocenters. The number of nitrogens with one attached hydrogen (secondary N) is 2. The number of pyridine rings is 1. The van der Waals surface area contributed by atoms with Crippen LogP contribution in [0.4, 0.5) is 20.4 Å². The molecule has 0 saturated carbocycles. The van der Waals surface area contributed by atoms with Crippen molar-refractivity contribution in [1.29, 1.82) is 0 Å². The Labute approximate surface area is 121 Å². The summed E-state index contributed by atoms with van der Waals surface area (Å²) in [6, 6.07) is 4.78. The average molecular weight is 297 g/mol. The van der Waals surface area contributed by atoms with E-state index in [0.717, 1.165) is 23.8 Å². The Morgan fingerprint density at radius 3 is 2.65 bits per heavy atom. The van der Waals surface area contributed by atoms with Gasteiger partial charge in [0.05, 0.1) is 6.04 Å². The molecule has 3 nitrogen and oxygen atoms in total. The Hall–Kier alpha value is -1.69. The second kappa shape index (κ2) is 6.65. The molecule has 108 valence electrons. The molecule has 1 atom stereocenters. The highest BCUT2D eigenvalue weighted by atomic mass is 32.1. The second-order valence-electron chi connectivity index (χ2n) is 4.40. The third-order valence-corrected chi connectivity index (χ3v) is 3.93. The summed E-state index contributed by atoms with van der Waals surface area (Å²) in [6.07, 6.45) is 1.81. The van der Waals surface area contributed by atoms with Crippen LogP contribution in [0, 0.1) is 11.6 Å². The molecule has 2 heterocycles. The molecule has 0 saturated heterocycles. The van der Waals surface area contributed by atoms with Crippen molar-refractivity contribution in [2.75, 3.05) is 17.7 Å². The molecule has 0 aromatic carbocycles. The van der Waals surface area contributed by atoms with E-state index in [4.69, 9.17) is 0 Å². The molecule has 6 heteroatoms. The van der Waals surface area contributed by atoms with Crippen molar-refractivity contribution in [2.24, 2.45) is 0 Å². The van der Waals surface area contributed by atoms with Crippen molar-refractivity contribution in [3.05, 3.63) is 40.1 Å². The Balaban J connectivity index is 2.26. The fourth-order valence-electron chi connectivity index (χ4n) is 1.97. The molecule has 0 radical (unpaired) electrons. The van der Waals surface area contributed by atoms with Crippen molar-refractivity contribution in [3.8, 4) is 0 Å². The number of halogens is 2. The maximum atomic E-state index is 13.8. The smallest absolute Gasteiger partial charge is 0.168 e. The van der Waals surface area contributed by atoms with E-state index in [2.05, 4.69) is 22.5 Å². The van der Waals surface area contributed by atoms with Gasteiger partial charge in [-0.25, -0.2) is 13.8 Å². The molecule has 0 aliphatic rings. The summed E-state index contributed by atoms with van der Waals surface area (Å²) in [5.74, 6) is -1.27. The van der Waals surface area contributed by atoms with Crippen LogP contribution in [0.25, 0.3) is 0 Å². The summed E-state index contributed by atoms with van der Waals surface area (Å²) in [4.78, 5) is 5.07. The Morgan fingerprint density at radius 2 is 2.05 bits per heavy atom. The van der Waals surface area contributed by atoms with E-state index in [1.165, 1.54) is 0 Å². The lowest BCUT2D eigenvalue weighted by atomic mass is 10.1. The maximum absolute atomic E-state index is 13.8. The molecule has 0 spiro atoms. The number of aromatic nitrogens is 1. The first-order valence-corrected chi connectivity index (χ1v) is 7.37. The molecule has 20 heavy (non-hydrogen) atoms. The van der Waals surface area contributed by atoms with Crippen molar-refractivity contribution >= 4 is 23.0 Å². The molecule has 2 N–H and O–H groups in total. The number of anilines is 2. The standard InChI is InChI=1S/C14H17F2N3S/c1-3-5-11(12-6-4-7-20-12)18-14-10(16)8-9(15)13(17-2)19-14/h4,6-8,11H,3,5H2,1-2H3,(H2,17,18,19). The lowest BCUT2D eigenvalue weighted by Crippen LogP contribution is -2.13. The van der Waals surface area contributed by atoms with Gasteiger partial charge in [0, 0.05) is 18.0 Å². The summed E-state index contributed by atoms with van der Waals surface area (Å²) in [7, 11) is 1.55. The topological polar surface area (TPSA) is 37.0 Å². The zero-order chi connectivity index (χ0) is 14.5. The molecule has 0 aliphatic carbocycles. The van der Waals surface area contributed by atoms with E-state index in [1.807, 2.05) is 17.5 Å². The van der Waals surface area contributed by atoms with Crippen LogP contribution < -0.4 is 10.6 Å². The van der Waals surface area contributed by atoms with Gasteiger partial charge in [-0.05, 0) is 17.9 Å². The zero-order valence-corrected chi connectivity index (χ0v) is 12.2. The van der Waals surface area contributed by atoms with Gasteiger partial charge in [0.25, 0.3) is 0 Å². The van der Waals surface area contributed by atoms with Crippen LogP contribution in [0.2, 0.25) is 0 Å². The van der Waals surface area contributed by atoms with Gasteiger partial charge in [-0.3, -0.25) is 0 Å². The summed E-state index contributed by atoms with van der Waals surface area (Å²) in [6.45, 7) is 2.07. The van der Waals surface area contributed by atoms with Gasteiger partial charge >= 0.3 is 0 Å². The number of hydrogen-bond donors (Lipinski definition) is 2. The van der Waals surface area contributed by atoms with E-state index in [-0.39, 0.29) is 17.7 Å². The van der Waals surface area contributed by atoms with E-state index >= 15 is 0 Å². The van der Waals surface area contributed by atoms with Crippen molar-refractivity contribution < 1.29 is 8.78 Å². The van der Waals surface area contributed by atoms with E-state index in [1.54, 1.807) is 18.4 Å². The first kappa shape index (κ1) is 14.7. The molecule has 0 fully saturated rings. The minimum absolute atomic E-state index is 0.0165. The number of thiophene rings is 1. The molecule has 0 amide bonds. The molecular weight excluding hydrogens is 280 g/mol. The minimum atomic E-state index is -0.696. The summed E-state index contributed by atoms with van der Waals surface area (Å²) in [5.41, 5.74) is 0. The van der Waals surface area contributed by atoms with Crippen LogP contribution in [-0.4, -0.2) is 12.0 Å². The Kier molecular flexibility index (Phi) is 4.89. The Morgan fingerprint density at radius 1 is 1.30 bits per heavy atom. The zero-order valence-electron chi connectivity index (χ0n) is 11.4. The maximum Gasteiger partial charge on any atom is 0.168 e. The normalized spacial score (nSPS) is 12.2. The molecule has 2 aromatic rings. The van der Waals surface area contributed by atoms with Crippen LogP contribution in [-0.2, 0) is 0 Å². The Bertz CT molecular complexity index is 558. The van der Waals surface area contributed by atoms with Crippen LogP contribution in [0.15, 0.2) is 23.6 Å². The lowest BCUT2D eigenvalue weighted by molar-refractivity contribution is 0.574. The van der Waals surface area contributed by atoms with Crippen LogP contribution in [0.3, 0.4) is 0 Å². The highest BCUT2D eigenvalue weighted by Gasteiger charge is 2.17. The molecule has 2 aromatic heterocycles. The average Bonchev–Trinajstić information content (AvgIpc) is 2.95. The third-order valence-electron chi connectivity index (χ3n) is 2.94. The summed E-state index contributed by atoms with van der Waals surface area (Å²) >= 11 is 1.61. The van der Waals surface area contributed by atoms with Gasteiger partial charge in [0.15, 0.2) is 23.3 Å². The summed E-state index contributed by atoms with van der Waals surface area (Å²) in [5, 5.41) is 7.66. The van der Waals surface area contributed by atoms with E-state index in [9.17, 15) is 8.78 Å². The fourth-order valence-corrected chi connectivity index (χ4v) is 2.78. The van der Waals surface area contributed by atoms with Gasteiger partial charge in [0.2, 0.25) is 0 Å². The van der Waals surface area contributed by atoms with Crippen LogP contribution in [0.1, 0.15) is 30.7 Å². The lowest BCUT2D eigenvalue weighted by Gasteiger charge is -2.18. The number of hydrogen-bond acceptors (Lipinski definition) is 4. The fraction of sp³-hybridized carbons (Fsp3) is 0.357. The van der Waals surface area contributed by atoms with E-state index in [0.29, 0.717) is 0 Å². The van der Waals surface area contributed by atoms with Gasteiger partial charge in [-0.2, -0.15) is 0 Å². The second-order valence-corrected chi connectivity index (χ2v) is 5.38. The predicted octanol–water partition coefficient (Wildman–Crippen LogP) is 4.42. The number of nitrogens with zero attached hydrogens (tertiary/aromatic N) is 1. The summed E-state index contributed by atoms with van der Waals surface area (Å²) < 4.78 is 27.2. The van der Waals surface area contributed by atoms with Crippen molar-refractivity contribution in [3.63, 3.8) is 0 Å². The SMILES string of the molecule is CCCC(Nc1nc(NC)c(F)cc1F)c1cccs1. The van der Waals surface area contributed by atoms with Gasteiger partial charge < -0.3 is 10.6 Å². The van der Waals surface area contributed by atoms with Crippen molar-refractivity contribution in [1.82, 2.24) is 4.98 Å². The van der Waals surface area contributed by atoms with Gasteiger partial charge in [0.1, 0.15) is 0 Å². The van der Waals surface area contributed by atoms with Crippen molar-refractivity contribution in [2.45, 2.75) is 25.8 Å². The number of rotatable bonds is 6. The largest absolute Gasteiger partial charge is 0.371 e. The minimum Gasteiger partial charge on any atom is -0.371 e. The van der Waals surface area contributed by atoms with Gasteiger partial charge in [-0.1, -0.05) is 19.4 Å². The third kappa shape index (κ3) is 3.25. The first-order valence-electron chi connectivity index (χ1n) is 6.49. The van der Waals surface area contributed by atoms with Crippen LogP contribution >= 0.6 is 11.3 Å². The van der Waals surface area contributed by atoms with Crippen LogP contribution in [0.5, 0.6) is 0 Å². The molecular formula is C14H17F2N3S. The first-order chi connectivity index (χ1) is 9.65. The van der Waals surface area contributed by atoms with Gasteiger partial charge in [-0.15, -0.1) is 11.3 Å². The monoisotopic (exact) mass is 297 g/mol. The quantitative estimate of drug-likeness (QED) is 0.829.